The molecule has 2 heterocycles. The number of nitrogens with one attached hydrogen (secondary N) is 1. The summed E-state index contributed by atoms with van der Waals surface area (Å²) in [5.41, 5.74) is 1.27. The fraction of sp³-hybridized carbons (Fsp3) is 0.353. The molecule has 1 aliphatic heterocycles. The largest absolute Gasteiger partial charge is 0.365 e. The molecule has 1 amide bonds. The van der Waals surface area contributed by atoms with Gasteiger partial charge in [-0.3, -0.25) is 4.79 Å². The van der Waals surface area contributed by atoms with Crippen LogP contribution in [-0.2, 0) is 4.79 Å². The maximum Gasteiger partial charge on any atom is 0.222 e. The van der Waals surface area contributed by atoms with E-state index in [2.05, 4.69) is 16.4 Å². The summed E-state index contributed by atoms with van der Waals surface area (Å²) >= 11 is 5.99. The first-order valence-electron chi connectivity index (χ1n) is 7.65. The number of carbonyl (C=O) groups excluding carboxylic acids is 1. The zero-order chi connectivity index (χ0) is 16.4. The number of carbonyl (C=O) groups is 1. The van der Waals surface area contributed by atoms with E-state index < -0.39 is 0 Å². The molecule has 0 bridgehead atoms. The van der Waals surface area contributed by atoms with Crippen LogP contribution in [0.1, 0.15) is 25.3 Å². The number of halogens is 1. The molecule has 118 valence electrons. The van der Waals surface area contributed by atoms with Crippen molar-refractivity contribution in [3.8, 4) is 6.07 Å². The second-order valence-electron chi connectivity index (χ2n) is 5.65. The Bertz CT molecular complexity index is 799. The van der Waals surface area contributed by atoms with Crippen molar-refractivity contribution in [1.82, 2.24) is 9.88 Å². The first-order chi connectivity index (χ1) is 11.1. The molecular formula is C17H17ClN4O. The molecule has 0 spiro atoms. The average molecular weight is 329 g/mol. The van der Waals surface area contributed by atoms with Crippen LogP contribution in [0.15, 0.2) is 24.3 Å². The third kappa shape index (κ3) is 3.22. The smallest absolute Gasteiger partial charge is 0.222 e. The second-order valence-corrected chi connectivity index (χ2v) is 6.09. The van der Waals surface area contributed by atoms with E-state index in [4.69, 9.17) is 11.6 Å². The maximum atomic E-state index is 11.7. The van der Waals surface area contributed by atoms with Gasteiger partial charge in [0.25, 0.3) is 0 Å². The molecule has 1 saturated heterocycles. The maximum absolute atomic E-state index is 11.7. The van der Waals surface area contributed by atoms with Crippen LogP contribution in [0.25, 0.3) is 10.9 Å². The van der Waals surface area contributed by atoms with E-state index in [1.165, 1.54) is 0 Å². The standard InChI is InChI=1S/C17H17ClN4O/c1-2-17(23)22-6-5-13(10-22)20-16-7-11(9-19)14-8-12(18)3-4-15(14)21-16/h3-4,7-8,13H,2,5-6,10H2,1H3,(H,20,21). The summed E-state index contributed by atoms with van der Waals surface area (Å²) in [6, 6.07) is 9.42. The summed E-state index contributed by atoms with van der Waals surface area (Å²) in [4.78, 5) is 18.2. The van der Waals surface area contributed by atoms with Gasteiger partial charge >= 0.3 is 0 Å². The van der Waals surface area contributed by atoms with Crippen molar-refractivity contribution in [2.75, 3.05) is 18.4 Å². The molecule has 6 heteroatoms. The predicted molar refractivity (Wildman–Crippen MR) is 90.4 cm³/mol. The number of pyridine rings is 1. The van der Waals surface area contributed by atoms with Gasteiger partial charge < -0.3 is 10.2 Å². The molecule has 1 N–H and O–H groups in total. The Labute approximate surface area is 139 Å². The molecule has 1 aromatic carbocycles. The highest BCUT2D eigenvalue weighted by Crippen LogP contribution is 2.25. The fourth-order valence-electron chi connectivity index (χ4n) is 2.90. The molecule has 23 heavy (non-hydrogen) atoms. The first kappa shape index (κ1) is 15.6. The molecule has 3 rings (SSSR count). The van der Waals surface area contributed by atoms with Crippen LogP contribution in [0, 0.1) is 11.3 Å². The van der Waals surface area contributed by atoms with E-state index >= 15 is 0 Å². The molecule has 0 aliphatic carbocycles. The van der Waals surface area contributed by atoms with Crippen LogP contribution in [0.3, 0.4) is 0 Å². The first-order valence-corrected chi connectivity index (χ1v) is 8.03. The van der Waals surface area contributed by atoms with Crippen LogP contribution in [-0.4, -0.2) is 34.9 Å². The zero-order valence-electron chi connectivity index (χ0n) is 12.8. The third-order valence-corrected chi connectivity index (χ3v) is 4.32. The van der Waals surface area contributed by atoms with Gasteiger partial charge in [-0.15, -0.1) is 0 Å². The fourth-order valence-corrected chi connectivity index (χ4v) is 3.07. The number of nitrogens with zero attached hydrogens (tertiary/aromatic N) is 3. The Hall–Kier alpha value is -2.32. The number of hydrogen-bond donors (Lipinski definition) is 1. The topological polar surface area (TPSA) is 69.0 Å². The molecule has 0 saturated carbocycles. The van der Waals surface area contributed by atoms with Crippen LogP contribution in [0.5, 0.6) is 0 Å². The second kappa shape index (κ2) is 6.43. The molecule has 1 aliphatic rings. The lowest BCUT2D eigenvalue weighted by Crippen LogP contribution is -2.31. The molecule has 0 radical (unpaired) electrons. The van der Waals surface area contributed by atoms with Crippen LogP contribution in [0.2, 0.25) is 5.02 Å². The van der Waals surface area contributed by atoms with Gasteiger partial charge in [0.2, 0.25) is 5.91 Å². The number of aromatic nitrogens is 1. The number of benzene rings is 1. The average Bonchev–Trinajstić information content (AvgIpc) is 3.02. The van der Waals surface area contributed by atoms with Gasteiger partial charge in [-0.1, -0.05) is 18.5 Å². The lowest BCUT2D eigenvalue weighted by Gasteiger charge is -2.17. The van der Waals surface area contributed by atoms with Crippen molar-refractivity contribution >= 4 is 34.2 Å². The molecule has 1 aromatic heterocycles. The summed E-state index contributed by atoms with van der Waals surface area (Å²) in [7, 11) is 0. The molecule has 5 nitrogen and oxygen atoms in total. The molecular weight excluding hydrogens is 312 g/mol. The monoisotopic (exact) mass is 328 g/mol. The SMILES string of the molecule is CCC(=O)N1CCC(Nc2cc(C#N)c3cc(Cl)ccc3n2)C1. The highest BCUT2D eigenvalue weighted by atomic mass is 35.5. The minimum atomic E-state index is 0.161. The van der Waals surface area contributed by atoms with Crippen molar-refractivity contribution in [2.24, 2.45) is 0 Å². The normalized spacial score (nSPS) is 17.3. The van der Waals surface area contributed by atoms with E-state index in [-0.39, 0.29) is 11.9 Å². The summed E-state index contributed by atoms with van der Waals surface area (Å²) in [5.74, 6) is 0.834. The van der Waals surface area contributed by atoms with Gasteiger partial charge in [0.05, 0.1) is 17.1 Å². The third-order valence-electron chi connectivity index (χ3n) is 4.09. The quantitative estimate of drug-likeness (QED) is 0.939. The van der Waals surface area contributed by atoms with Gasteiger partial charge in [0, 0.05) is 36.0 Å². The van der Waals surface area contributed by atoms with Crippen molar-refractivity contribution in [3.05, 3.63) is 34.9 Å². The number of likely N-dealkylation sites (tertiary alicyclic amines) is 1. The predicted octanol–water partition coefficient (Wildman–Crippen LogP) is 3.18. The van der Waals surface area contributed by atoms with E-state index in [9.17, 15) is 10.1 Å². The zero-order valence-corrected chi connectivity index (χ0v) is 13.6. The number of hydrogen-bond acceptors (Lipinski definition) is 4. The number of fused-ring (bicyclic) bond motifs is 1. The number of nitriles is 1. The Kier molecular flexibility index (Phi) is 4.35. The number of rotatable bonds is 3. The number of anilines is 1. The highest BCUT2D eigenvalue weighted by Gasteiger charge is 2.25. The Morgan fingerprint density at radius 3 is 3.09 bits per heavy atom. The Morgan fingerprint density at radius 2 is 2.35 bits per heavy atom. The molecule has 1 fully saturated rings. The summed E-state index contributed by atoms with van der Waals surface area (Å²) in [6.45, 7) is 3.31. The van der Waals surface area contributed by atoms with Crippen molar-refractivity contribution in [2.45, 2.75) is 25.8 Å². The van der Waals surface area contributed by atoms with Crippen molar-refractivity contribution < 1.29 is 4.79 Å². The van der Waals surface area contributed by atoms with E-state index in [1.807, 2.05) is 17.9 Å². The van der Waals surface area contributed by atoms with Gasteiger partial charge in [-0.2, -0.15) is 5.26 Å². The lowest BCUT2D eigenvalue weighted by molar-refractivity contribution is -0.129. The number of amides is 1. The van der Waals surface area contributed by atoms with Crippen LogP contribution in [0.4, 0.5) is 5.82 Å². The molecule has 1 unspecified atom stereocenters. The van der Waals surface area contributed by atoms with E-state index in [0.29, 0.717) is 29.4 Å². The summed E-state index contributed by atoms with van der Waals surface area (Å²) in [5, 5.41) is 14.0. The van der Waals surface area contributed by atoms with Gasteiger partial charge in [0.1, 0.15) is 5.82 Å². The Morgan fingerprint density at radius 1 is 1.52 bits per heavy atom. The summed E-state index contributed by atoms with van der Waals surface area (Å²) < 4.78 is 0. The molecule has 2 aromatic rings. The lowest BCUT2D eigenvalue weighted by atomic mass is 10.1. The minimum absolute atomic E-state index is 0.161. The summed E-state index contributed by atoms with van der Waals surface area (Å²) in [6.07, 6.45) is 1.41. The van der Waals surface area contributed by atoms with E-state index in [0.717, 1.165) is 23.9 Å². The van der Waals surface area contributed by atoms with Crippen molar-refractivity contribution in [3.63, 3.8) is 0 Å². The van der Waals surface area contributed by atoms with Crippen LogP contribution < -0.4 is 5.32 Å². The van der Waals surface area contributed by atoms with Gasteiger partial charge in [-0.25, -0.2) is 4.98 Å². The minimum Gasteiger partial charge on any atom is -0.365 e. The van der Waals surface area contributed by atoms with Gasteiger partial charge in [0.15, 0.2) is 0 Å². The highest BCUT2D eigenvalue weighted by molar-refractivity contribution is 6.31. The van der Waals surface area contributed by atoms with E-state index in [1.54, 1.807) is 18.2 Å². The van der Waals surface area contributed by atoms with Crippen LogP contribution >= 0.6 is 11.6 Å². The van der Waals surface area contributed by atoms with Gasteiger partial charge in [-0.05, 0) is 30.7 Å². The van der Waals surface area contributed by atoms with Crippen molar-refractivity contribution in [1.29, 1.82) is 5.26 Å². The Balaban J connectivity index is 1.83. The molecule has 1 atom stereocenters.